The van der Waals surface area contributed by atoms with Gasteiger partial charge in [0.05, 0.1) is 11.7 Å². The van der Waals surface area contributed by atoms with Crippen molar-refractivity contribution in [3.8, 4) is 0 Å². The van der Waals surface area contributed by atoms with Crippen molar-refractivity contribution in [2.24, 2.45) is 7.05 Å². The topological polar surface area (TPSA) is 29.9 Å². The summed E-state index contributed by atoms with van der Waals surface area (Å²) in [6.07, 6.45) is 2.08. The molecule has 0 fully saturated rings. The minimum atomic E-state index is 0.262. The van der Waals surface area contributed by atoms with Crippen molar-refractivity contribution in [1.82, 2.24) is 9.78 Å². The standard InChI is InChI=1S/C14H18IN3/c1-9-7-12(15)5-6-14(9)16-10(2)13-8-18(4)17-11(13)3/h5-8,10,16H,1-4H3. The van der Waals surface area contributed by atoms with E-state index in [1.54, 1.807) is 0 Å². The molecule has 0 spiro atoms. The Kier molecular flexibility index (Phi) is 3.94. The summed E-state index contributed by atoms with van der Waals surface area (Å²) in [5.41, 5.74) is 4.79. The van der Waals surface area contributed by atoms with Crippen LogP contribution in [0.3, 0.4) is 0 Å². The third-order valence-corrected chi connectivity index (χ3v) is 3.75. The summed E-state index contributed by atoms with van der Waals surface area (Å²) >= 11 is 2.33. The molecule has 1 heterocycles. The fraction of sp³-hybridized carbons (Fsp3) is 0.357. The summed E-state index contributed by atoms with van der Waals surface area (Å²) in [5.74, 6) is 0. The second kappa shape index (κ2) is 5.30. The fourth-order valence-electron chi connectivity index (χ4n) is 2.14. The quantitative estimate of drug-likeness (QED) is 0.849. The van der Waals surface area contributed by atoms with Crippen LogP contribution in [0.15, 0.2) is 24.4 Å². The van der Waals surface area contributed by atoms with Gasteiger partial charge in [0.2, 0.25) is 0 Å². The largest absolute Gasteiger partial charge is 0.378 e. The molecule has 0 saturated heterocycles. The highest BCUT2D eigenvalue weighted by atomic mass is 127. The van der Waals surface area contributed by atoms with Gasteiger partial charge >= 0.3 is 0 Å². The van der Waals surface area contributed by atoms with Crippen molar-refractivity contribution in [1.29, 1.82) is 0 Å². The van der Waals surface area contributed by atoms with Crippen LogP contribution in [0.4, 0.5) is 5.69 Å². The van der Waals surface area contributed by atoms with Crippen LogP contribution in [-0.2, 0) is 7.05 Å². The van der Waals surface area contributed by atoms with Crippen LogP contribution in [0.5, 0.6) is 0 Å². The maximum atomic E-state index is 4.39. The molecule has 0 aliphatic carbocycles. The molecule has 0 aliphatic heterocycles. The number of aryl methyl sites for hydroxylation is 3. The Morgan fingerprint density at radius 3 is 2.61 bits per heavy atom. The highest BCUT2D eigenvalue weighted by Gasteiger charge is 2.12. The van der Waals surface area contributed by atoms with Crippen molar-refractivity contribution >= 4 is 28.3 Å². The number of hydrogen-bond acceptors (Lipinski definition) is 2. The number of rotatable bonds is 3. The second-order valence-electron chi connectivity index (χ2n) is 4.67. The van der Waals surface area contributed by atoms with Crippen molar-refractivity contribution in [2.75, 3.05) is 5.32 Å². The zero-order chi connectivity index (χ0) is 13.3. The zero-order valence-electron chi connectivity index (χ0n) is 11.2. The molecule has 1 aromatic carbocycles. The van der Waals surface area contributed by atoms with Gasteiger partial charge in [-0.3, -0.25) is 4.68 Å². The Morgan fingerprint density at radius 1 is 1.33 bits per heavy atom. The second-order valence-corrected chi connectivity index (χ2v) is 5.91. The van der Waals surface area contributed by atoms with Gasteiger partial charge in [0, 0.05) is 28.1 Å². The minimum absolute atomic E-state index is 0.262. The van der Waals surface area contributed by atoms with Gasteiger partial charge in [-0.25, -0.2) is 0 Å². The van der Waals surface area contributed by atoms with Crippen LogP contribution in [0.2, 0.25) is 0 Å². The van der Waals surface area contributed by atoms with Gasteiger partial charge in [0.1, 0.15) is 0 Å². The molecule has 1 atom stereocenters. The first-order chi connectivity index (χ1) is 8.47. The molecule has 0 amide bonds. The monoisotopic (exact) mass is 355 g/mol. The van der Waals surface area contributed by atoms with Crippen LogP contribution < -0.4 is 5.32 Å². The molecule has 4 heteroatoms. The Balaban J connectivity index is 2.21. The molecule has 1 aromatic heterocycles. The third-order valence-electron chi connectivity index (χ3n) is 3.08. The molecule has 1 unspecified atom stereocenters. The summed E-state index contributed by atoms with van der Waals surface area (Å²) in [7, 11) is 1.96. The lowest BCUT2D eigenvalue weighted by Crippen LogP contribution is -2.08. The van der Waals surface area contributed by atoms with E-state index in [9.17, 15) is 0 Å². The van der Waals surface area contributed by atoms with E-state index in [0.717, 1.165) is 5.69 Å². The molecular formula is C14H18IN3. The lowest BCUT2D eigenvalue weighted by atomic mass is 10.1. The first-order valence-electron chi connectivity index (χ1n) is 6.00. The average Bonchev–Trinajstić information content (AvgIpc) is 2.62. The summed E-state index contributed by atoms with van der Waals surface area (Å²) in [4.78, 5) is 0. The maximum absolute atomic E-state index is 4.39. The van der Waals surface area contributed by atoms with Gasteiger partial charge < -0.3 is 5.32 Å². The van der Waals surface area contributed by atoms with Crippen LogP contribution in [0.1, 0.15) is 29.8 Å². The Bertz CT molecular complexity index is 560. The number of benzene rings is 1. The molecule has 96 valence electrons. The number of nitrogens with one attached hydrogen (secondary N) is 1. The fourth-order valence-corrected chi connectivity index (χ4v) is 2.79. The van der Waals surface area contributed by atoms with Gasteiger partial charge in [-0.2, -0.15) is 5.10 Å². The number of anilines is 1. The van der Waals surface area contributed by atoms with Crippen LogP contribution in [0.25, 0.3) is 0 Å². The van der Waals surface area contributed by atoms with Crippen LogP contribution in [-0.4, -0.2) is 9.78 Å². The molecule has 0 aliphatic rings. The Labute approximate surface area is 122 Å². The van der Waals surface area contributed by atoms with E-state index in [4.69, 9.17) is 0 Å². The Morgan fingerprint density at radius 2 is 2.06 bits per heavy atom. The van der Waals surface area contributed by atoms with E-state index >= 15 is 0 Å². The number of aromatic nitrogens is 2. The van der Waals surface area contributed by atoms with E-state index in [1.165, 1.54) is 20.4 Å². The van der Waals surface area contributed by atoms with Crippen molar-refractivity contribution < 1.29 is 0 Å². The highest BCUT2D eigenvalue weighted by molar-refractivity contribution is 14.1. The molecule has 2 rings (SSSR count). The Hall–Kier alpha value is -1.04. The molecule has 0 radical (unpaired) electrons. The van der Waals surface area contributed by atoms with Crippen molar-refractivity contribution in [3.63, 3.8) is 0 Å². The lowest BCUT2D eigenvalue weighted by molar-refractivity contribution is 0.756. The number of nitrogens with zero attached hydrogens (tertiary/aromatic N) is 2. The normalized spacial score (nSPS) is 12.5. The summed E-state index contributed by atoms with van der Waals surface area (Å²) in [5, 5.41) is 7.94. The molecule has 0 bridgehead atoms. The van der Waals surface area contributed by atoms with Gasteiger partial charge in [-0.15, -0.1) is 0 Å². The van der Waals surface area contributed by atoms with Gasteiger partial charge in [-0.05, 0) is 67.1 Å². The van der Waals surface area contributed by atoms with Crippen molar-refractivity contribution in [3.05, 3.63) is 44.8 Å². The van der Waals surface area contributed by atoms with Crippen LogP contribution >= 0.6 is 22.6 Å². The molecule has 18 heavy (non-hydrogen) atoms. The predicted octanol–water partition coefficient (Wildman–Crippen LogP) is 3.81. The van der Waals surface area contributed by atoms with E-state index in [1.807, 2.05) is 18.7 Å². The summed E-state index contributed by atoms with van der Waals surface area (Å²) in [6.45, 7) is 6.35. The SMILES string of the molecule is Cc1cc(I)ccc1NC(C)c1cn(C)nc1C. The average molecular weight is 355 g/mol. The molecule has 2 aromatic rings. The minimum Gasteiger partial charge on any atom is -0.378 e. The molecule has 1 N–H and O–H groups in total. The van der Waals surface area contributed by atoms with Crippen molar-refractivity contribution in [2.45, 2.75) is 26.8 Å². The van der Waals surface area contributed by atoms with Gasteiger partial charge in [0.15, 0.2) is 0 Å². The van der Waals surface area contributed by atoms with E-state index in [0.29, 0.717) is 0 Å². The lowest BCUT2D eigenvalue weighted by Gasteiger charge is -2.16. The number of hydrogen-bond donors (Lipinski definition) is 1. The first-order valence-corrected chi connectivity index (χ1v) is 7.08. The molecular weight excluding hydrogens is 337 g/mol. The smallest absolute Gasteiger partial charge is 0.0646 e. The zero-order valence-corrected chi connectivity index (χ0v) is 13.3. The summed E-state index contributed by atoms with van der Waals surface area (Å²) < 4.78 is 3.13. The number of halogens is 1. The van der Waals surface area contributed by atoms with E-state index in [2.05, 4.69) is 71.2 Å². The first kappa shape index (κ1) is 13.4. The molecule has 3 nitrogen and oxygen atoms in total. The summed E-state index contributed by atoms with van der Waals surface area (Å²) in [6, 6.07) is 6.71. The van der Waals surface area contributed by atoms with E-state index < -0.39 is 0 Å². The van der Waals surface area contributed by atoms with Gasteiger partial charge in [0.25, 0.3) is 0 Å². The predicted molar refractivity (Wildman–Crippen MR) is 83.9 cm³/mol. The highest BCUT2D eigenvalue weighted by Crippen LogP contribution is 2.24. The van der Waals surface area contributed by atoms with E-state index in [-0.39, 0.29) is 6.04 Å². The maximum Gasteiger partial charge on any atom is 0.0646 e. The van der Waals surface area contributed by atoms with Gasteiger partial charge in [-0.1, -0.05) is 0 Å². The molecule has 0 saturated carbocycles. The van der Waals surface area contributed by atoms with Crippen LogP contribution in [0, 0.1) is 17.4 Å². The third kappa shape index (κ3) is 2.85.